The van der Waals surface area contributed by atoms with E-state index >= 15 is 0 Å². The summed E-state index contributed by atoms with van der Waals surface area (Å²) in [5.74, 6) is 2.97. The van der Waals surface area contributed by atoms with E-state index in [0.717, 1.165) is 41.4 Å². The van der Waals surface area contributed by atoms with Gasteiger partial charge in [-0.25, -0.2) is 4.98 Å². The van der Waals surface area contributed by atoms with Crippen molar-refractivity contribution in [2.24, 2.45) is 0 Å². The van der Waals surface area contributed by atoms with Gasteiger partial charge in [0.25, 0.3) is 0 Å². The van der Waals surface area contributed by atoms with E-state index in [2.05, 4.69) is 40.7 Å². The molecule has 1 aromatic carbocycles. The van der Waals surface area contributed by atoms with E-state index in [9.17, 15) is 0 Å². The summed E-state index contributed by atoms with van der Waals surface area (Å²) in [6.45, 7) is 4.83. The van der Waals surface area contributed by atoms with Gasteiger partial charge in [0.05, 0.1) is 24.9 Å². The van der Waals surface area contributed by atoms with E-state index in [1.807, 2.05) is 18.5 Å². The number of hydrogen-bond donors (Lipinski definition) is 0. The number of aryl methyl sites for hydroxylation is 2. The number of nitrogens with zero attached hydrogens (tertiary/aromatic N) is 3. The lowest BCUT2D eigenvalue weighted by Crippen LogP contribution is -2.02. The molecule has 0 spiro atoms. The summed E-state index contributed by atoms with van der Waals surface area (Å²) in [7, 11) is 1.72. The van der Waals surface area contributed by atoms with Gasteiger partial charge in [0.15, 0.2) is 5.76 Å². The molecule has 5 heteroatoms. The van der Waals surface area contributed by atoms with Crippen LogP contribution in [-0.2, 0) is 19.4 Å². The highest BCUT2D eigenvalue weighted by Crippen LogP contribution is 2.35. The van der Waals surface area contributed by atoms with Crippen LogP contribution in [0.3, 0.4) is 0 Å². The lowest BCUT2D eigenvalue weighted by molar-refractivity contribution is 0.369. The minimum absolute atomic E-state index is 0.358. The molecule has 25 heavy (non-hydrogen) atoms. The van der Waals surface area contributed by atoms with Crippen LogP contribution >= 0.6 is 0 Å². The summed E-state index contributed by atoms with van der Waals surface area (Å²) in [5.41, 5.74) is 4.83. The van der Waals surface area contributed by atoms with Gasteiger partial charge in [-0.3, -0.25) is 0 Å². The maximum Gasteiger partial charge on any atom is 0.156 e. The Bertz CT molecular complexity index is 892. The fraction of sp³-hybridized carbons (Fsp3) is 0.400. The van der Waals surface area contributed by atoms with Crippen LogP contribution in [-0.4, -0.2) is 21.8 Å². The monoisotopic (exact) mass is 337 g/mol. The van der Waals surface area contributed by atoms with Crippen LogP contribution in [0.5, 0.6) is 5.75 Å². The van der Waals surface area contributed by atoms with Gasteiger partial charge in [-0.05, 0) is 48.4 Å². The highest BCUT2D eigenvalue weighted by atomic mass is 16.5. The predicted octanol–water partition coefficient (Wildman–Crippen LogP) is 4.21. The van der Waals surface area contributed by atoms with Gasteiger partial charge >= 0.3 is 0 Å². The Morgan fingerprint density at radius 1 is 1.20 bits per heavy atom. The van der Waals surface area contributed by atoms with E-state index in [4.69, 9.17) is 9.26 Å². The topological polar surface area (TPSA) is 53.1 Å². The third-order valence-corrected chi connectivity index (χ3v) is 4.87. The van der Waals surface area contributed by atoms with Crippen molar-refractivity contribution in [1.29, 1.82) is 0 Å². The molecule has 0 fully saturated rings. The number of hydrogen-bond acceptors (Lipinski definition) is 4. The molecule has 0 aliphatic heterocycles. The first-order valence-electron chi connectivity index (χ1n) is 8.82. The Hall–Kier alpha value is -2.56. The van der Waals surface area contributed by atoms with Crippen LogP contribution in [0.25, 0.3) is 11.4 Å². The summed E-state index contributed by atoms with van der Waals surface area (Å²) in [6.07, 6.45) is 7.27. The number of ether oxygens (including phenoxy) is 1. The summed E-state index contributed by atoms with van der Waals surface area (Å²) in [5, 5.41) is 4.15. The molecule has 2 aromatic heterocycles. The van der Waals surface area contributed by atoms with Crippen molar-refractivity contribution in [3.8, 4) is 17.1 Å². The second-order valence-electron chi connectivity index (χ2n) is 6.93. The molecule has 0 atom stereocenters. The molecule has 130 valence electrons. The quantitative estimate of drug-likeness (QED) is 0.700. The van der Waals surface area contributed by atoms with Crippen molar-refractivity contribution in [1.82, 2.24) is 14.7 Å². The largest absolute Gasteiger partial charge is 0.496 e. The van der Waals surface area contributed by atoms with Crippen molar-refractivity contribution in [3.05, 3.63) is 53.2 Å². The standard InChI is InChI=1S/C20H23N3O2/c1-13(2)18-11-16(25-22-18)12-23-8-7-21-20(23)17-9-14-5-4-6-15(14)10-19(17)24-3/h7-11,13H,4-6,12H2,1-3H3. The minimum Gasteiger partial charge on any atom is -0.496 e. The van der Waals surface area contributed by atoms with Crippen molar-refractivity contribution in [3.63, 3.8) is 0 Å². The molecule has 1 aliphatic rings. The lowest BCUT2D eigenvalue weighted by atomic mass is 10.0. The minimum atomic E-state index is 0.358. The zero-order valence-electron chi connectivity index (χ0n) is 15.0. The van der Waals surface area contributed by atoms with Crippen LogP contribution in [0.1, 0.15) is 48.8 Å². The van der Waals surface area contributed by atoms with E-state index in [1.54, 1.807) is 7.11 Å². The summed E-state index contributed by atoms with van der Waals surface area (Å²) < 4.78 is 13.2. The molecule has 0 bridgehead atoms. The van der Waals surface area contributed by atoms with E-state index in [-0.39, 0.29) is 0 Å². The Balaban J connectivity index is 1.69. The molecule has 4 rings (SSSR count). The maximum absolute atomic E-state index is 5.65. The first-order chi connectivity index (χ1) is 12.2. The second-order valence-corrected chi connectivity index (χ2v) is 6.93. The van der Waals surface area contributed by atoms with Gasteiger partial charge in [-0.1, -0.05) is 19.0 Å². The molecular formula is C20H23N3O2. The van der Waals surface area contributed by atoms with Crippen molar-refractivity contribution < 1.29 is 9.26 Å². The lowest BCUT2D eigenvalue weighted by Gasteiger charge is -2.12. The smallest absolute Gasteiger partial charge is 0.156 e. The van der Waals surface area contributed by atoms with Crippen LogP contribution < -0.4 is 4.74 Å². The van der Waals surface area contributed by atoms with Gasteiger partial charge in [0.2, 0.25) is 0 Å². The molecule has 0 amide bonds. The fourth-order valence-electron chi connectivity index (χ4n) is 3.47. The van der Waals surface area contributed by atoms with Crippen molar-refractivity contribution in [2.75, 3.05) is 7.11 Å². The number of benzene rings is 1. The number of fused-ring (bicyclic) bond motifs is 1. The molecular weight excluding hydrogens is 314 g/mol. The van der Waals surface area contributed by atoms with Crippen LogP contribution in [0.15, 0.2) is 35.1 Å². The molecule has 0 saturated carbocycles. The van der Waals surface area contributed by atoms with E-state index in [1.165, 1.54) is 17.5 Å². The second kappa shape index (κ2) is 6.39. The zero-order valence-corrected chi connectivity index (χ0v) is 15.0. The number of rotatable bonds is 5. The van der Waals surface area contributed by atoms with Crippen LogP contribution in [0.4, 0.5) is 0 Å². The zero-order chi connectivity index (χ0) is 17.4. The highest BCUT2D eigenvalue weighted by molar-refractivity contribution is 5.67. The average Bonchev–Trinajstić information content (AvgIpc) is 3.34. The molecule has 2 heterocycles. The molecule has 0 radical (unpaired) electrons. The van der Waals surface area contributed by atoms with Gasteiger partial charge in [-0.15, -0.1) is 0 Å². The van der Waals surface area contributed by atoms with E-state index in [0.29, 0.717) is 12.5 Å². The molecule has 3 aromatic rings. The Morgan fingerprint density at radius 2 is 2.00 bits per heavy atom. The Kier molecular flexibility index (Phi) is 4.07. The van der Waals surface area contributed by atoms with Crippen molar-refractivity contribution in [2.45, 2.75) is 45.6 Å². The number of aromatic nitrogens is 3. The summed E-state index contributed by atoms with van der Waals surface area (Å²) in [6, 6.07) is 6.43. The van der Waals surface area contributed by atoms with E-state index < -0.39 is 0 Å². The Morgan fingerprint density at radius 3 is 2.72 bits per heavy atom. The molecule has 5 nitrogen and oxygen atoms in total. The molecule has 1 aliphatic carbocycles. The predicted molar refractivity (Wildman–Crippen MR) is 95.9 cm³/mol. The third kappa shape index (κ3) is 2.95. The highest BCUT2D eigenvalue weighted by Gasteiger charge is 2.19. The normalized spacial score (nSPS) is 13.4. The maximum atomic E-state index is 5.65. The van der Waals surface area contributed by atoms with Crippen LogP contribution in [0.2, 0.25) is 0 Å². The Labute approximate surface area is 147 Å². The van der Waals surface area contributed by atoms with Crippen molar-refractivity contribution >= 4 is 0 Å². The first-order valence-corrected chi connectivity index (χ1v) is 8.82. The summed E-state index contributed by atoms with van der Waals surface area (Å²) >= 11 is 0. The first kappa shape index (κ1) is 15.9. The number of imidazole rings is 1. The van der Waals surface area contributed by atoms with Gasteiger partial charge in [-0.2, -0.15) is 0 Å². The molecule has 0 N–H and O–H groups in total. The van der Waals surface area contributed by atoms with Gasteiger partial charge < -0.3 is 13.8 Å². The molecule has 0 unspecified atom stereocenters. The third-order valence-electron chi connectivity index (χ3n) is 4.87. The SMILES string of the molecule is COc1cc2c(cc1-c1nccn1Cc1cc(C(C)C)no1)CCC2. The fourth-order valence-corrected chi connectivity index (χ4v) is 3.47. The van der Waals surface area contributed by atoms with Gasteiger partial charge in [0, 0.05) is 18.5 Å². The molecule has 0 saturated heterocycles. The van der Waals surface area contributed by atoms with Crippen LogP contribution in [0, 0.1) is 0 Å². The average molecular weight is 337 g/mol. The summed E-state index contributed by atoms with van der Waals surface area (Å²) in [4.78, 5) is 4.58. The van der Waals surface area contributed by atoms with Gasteiger partial charge in [0.1, 0.15) is 11.6 Å². The number of methoxy groups -OCH3 is 1.